The normalized spacial score (nSPS) is 17.6. The van der Waals surface area contributed by atoms with Gasteiger partial charge >= 0.3 is 0 Å². The third kappa shape index (κ3) is 4.39. The summed E-state index contributed by atoms with van der Waals surface area (Å²) in [5, 5.41) is 3.01. The lowest BCUT2D eigenvalue weighted by atomic mass is 9.97. The van der Waals surface area contributed by atoms with E-state index in [0.717, 1.165) is 43.0 Å². The van der Waals surface area contributed by atoms with Crippen molar-refractivity contribution in [2.24, 2.45) is 11.7 Å². The highest BCUT2D eigenvalue weighted by molar-refractivity contribution is 5.95. The number of rotatable bonds is 6. The molecule has 1 fully saturated rings. The summed E-state index contributed by atoms with van der Waals surface area (Å²) >= 11 is 0. The van der Waals surface area contributed by atoms with Crippen molar-refractivity contribution < 1.29 is 9.59 Å². The minimum absolute atomic E-state index is 0.0614. The van der Waals surface area contributed by atoms with Gasteiger partial charge in [-0.2, -0.15) is 0 Å². The first-order valence-electron chi connectivity index (χ1n) is 9.51. The Morgan fingerprint density at radius 1 is 1.22 bits per heavy atom. The number of amides is 2. The zero-order chi connectivity index (χ0) is 19.4. The number of nitrogens with two attached hydrogens (primary N) is 1. The molecule has 6 nitrogen and oxygen atoms in total. The maximum absolute atomic E-state index is 12.7. The second-order valence-corrected chi connectivity index (χ2v) is 7.25. The van der Waals surface area contributed by atoms with Gasteiger partial charge in [0, 0.05) is 36.7 Å². The Morgan fingerprint density at radius 3 is 2.67 bits per heavy atom. The van der Waals surface area contributed by atoms with Crippen LogP contribution in [0.15, 0.2) is 36.4 Å². The average Bonchev–Trinajstić information content (AvgIpc) is 2.97. The molecule has 1 atom stereocenters. The van der Waals surface area contributed by atoms with Crippen LogP contribution in [0.5, 0.6) is 0 Å². The fourth-order valence-electron chi connectivity index (χ4n) is 3.88. The van der Waals surface area contributed by atoms with E-state index in [1.807, 2.05) is 50.2 Å². The molecule has 3 rings (SSSR count). The smallest absolute Gasteiger partial charge is 0.253 e. The molecule has 1 aliphatic heterocycles. The van der Waals surface area contributed by atoms with Crippen LogP contribution in [0.4, 0.5) is 0 Å². The number of carbonyl (C=O) groups excluding carboxylic acids is 2. The number of aryl methyl sites for hydroxylation is 1. The lowest BCUT2D eigenvalue weighted by molar-refractivity contribution is -0.123. The molecule has 0 unspecified atom stereocenters. The second kappa shape index (κ2) is 8.39. The van der Waals surface area contributed by atoms with Gasteiger partial charge in [-0.3, -0.25) is 9.59 Å². The highest BCUT2D eigenvalue weighted by Gasteiger charge is 2.24. The fourth-order valence-corrected chi connectivity index (χ4v) is 3.88. The summed E-state index contributed by atoms with van der Waals surface area (Å²) in [5.41, 5.74) is 9.14. The van der Waals surface area contributed by atoms with Gasteiger partial charge in [0.25, 0.3) is 5.91 Å². The highest BCUT2D eigenvalue weighted by atomic mass is 16.2. The number of aromatic nitrogens is 1. The maximum atomic E-state index is 12.7. The molecule has 0 spiro atoms. The quantitative estimate of drug-likeness (QED) is 0.819. The molecule has 0 saturated carbocycles. The van der Waals surface area contributed by atoms with E-state index in [2.05, 4.69) is 14.8 Å². The summed E-state index contributed by atoms with van der Waals surface area (Å²) in [4.78, 5) is 26.2. The summed E-state index contributed by atoms with van der Waals surface area (Å²) in [6.07, 6.45) is 1.84. The van der Waals surface area contributed by atoms with E-state index >= 15 is 0 Å². The van der Waals surface area contributed by atoms with Gasteiger partial charge in [-0.1, -0.05) is 18.2 Å². The molecule has 1 saturated heterocycles. The van der Waals surface area contributed by atoms with Gasteiger partial charge in [0.2, 0.25) is 5.91 Å². The van der Waals surface area contributed by atoms with E-state index in [4.69, 9.17) is 5.73 Å². The molecular formula is C21H28N4O2. The molecule has 2 amide bonds. The summed E-state index contributed by atoms with van der Waals surface area (Å²) in [5.74, 6) is -0.356. The summed E-state index contributed by atoms with van der Waals surface area (Å²) in [6, 6.07) is 12.0. The number of hydrogen-bond acceptors (Lipinski definition) is 3. The van der Waals surface area contributed by atoms with E-state index in [-0.39, 0.29) is 17.7 Å². The van der Waals surface area contributed by atoms with E-state index in [0.29, 0.717) is 18.7 Å². The molecule has 0 aliphatic carbocycles. The van der Waals surface area contributed by atoms with Gasteiger partial charge in [0.1, 0.15) is 0 Å². The number of likely N-dealkylation sites (tertiary alicyclic amines) is 1. The first-order chi connectivity index (χ1) is 13.0. The first kappa shape index (κ1) is 19.2. The Balaban J connectivity index is 1.60. The zero-order valence-corrected chi connectivity index (χ0v) is 16.1. The maximum Gasteiger partial charge on any atom is 0.253 e. The van der Waals surface area contributed by atoms with Crippen molar-refractivity contribution in [3.63, 3.8) is 0 Å². The van der Waals surface area contributed by atoms with Gasteiger partial charge in [0.05, 0.1) is 11.5 Å². The Kier molecular flexibility index (Phi) is 5.96. The van der Waals surface area contributed by atoms with Crippen LogP contribution >= 0.6 is 0 Å². The molecule has 0 radical (unpaired) electrons. The number of carbonyl (C=O) groups is 2. The van der Waals surface area contributed by atoms with Crippen molar-refractivity contribution in [1.82, 2.24) is 14.8 Å². The van der Waals surface area contributed by atoms with Crippen molar-refractivity contribution in [2.75, 3.05) is 26.2 Å². The minimum atomic E-state index is -0.225. The molecule has 1 aromatic carbocycles. The topological polar surface area (TPSA) is 80.4 Å². The molecular weight excluding hydrogens is 340 g/mol. The van der Waals surface area contributed by atoms with E-state index in [1.54, 1.807) is 0 Å². The second-order valence-electron chi connectivity index (χ2n) is 7.25. The summed E-state index contributed by atoms with van der Waals surface area (Å²) in [7, 11) is 0. The molecule has 6 heteroatoms. The van der Waals surface area contributed by atoms with Crippen LogP contribution in [-0.4, -0.2) is 47.5 Å². The molecule has 2 aromatic rings. The van der Waals surface area contributed by atoms with Gasteiger partial charge in [-0.25, -0.2) is 0 Å². The molecule has 1 aliphatic rings. The molecule has 2 heterocycles. The average molecular weight is 368 g/mol. The number of para-hydroxylation sites is 1. The van der Waals surface area contributed by atoms with Crippen molar-refractivity contribution >= 4 is 11.8 Å². The van der Waals surface area contributed by atoms with Crippen molar-refractivity contribution in [2.45, 2.75) is 26.7 Å². The van der Waals surface area contributed by atoms with E-state index in [9.17, 15) is 9.59 Å². The van der Waals surface area contributed by atoms with Gasteiger partial charge in [-0.15, -0.1) is 0 Å². The number of nitrogens with zero attached hydrogens (tertiary/aromatic N) is 2. The standard InChI is InChI=1S/C21H28N4O2/c1-15-13-19(16(2)25(15)18-8-4-3-5-9-18)21(27)23-10-12-24-11-6-7-17(14-24)20(22)26/h3-5,8-9,13,17H,6-7,10-12,14H2,1-2H3,(H2,22,26)(H,23,27)/t17-/m1/s1. The molecule has 0 bridgehead atoms. The van der Waals surface area contributed by atoms with Crippen molar-refractivity contribution in [1.29, 1.82) is 0 Å². The fraction of sp³-hybridized carbons (Fsp3) is 0.429. The number of primary amides is 1. The number of nitrogens with one attached hydrogen (secondary N) is 1. The van der Waals surface area contributed by atoms with Gasteiger partial charge in [-0.05, 0) is 51.4 Å². The zero-order valence-electron chi connectivity index (χ0n) is 16.1. The molecule has 144 valence electrons. The predicted molar refractivity (Wildman–Crippen MR) is 106 cm³/mol. The molecule has 3 N–H and O–H groups in total. The lowest BCUT2D eigenvalue weighted by Crippen LogP contribution is -2.44. The van der Waals surface area contributed by atoms with E-state index in [1.165, 1.54) is 0 Å². The number of hydrogen-bond donors (Lipinski definition) is 2. The first-order valence-corrected chi connectivity index (χ1v) is 9.51. The van der Waals surface area contributed by atoms with Crippen LogP contribution in [0.2, 0.25) is 0 Å². The van der Waals surface area contributed by atoms with Crippen LogP contribution < -0.4 is 11.1 Å². The predicted octanol–water partition coefficient (Wildman–Crippen LogP) is 2.02. The Morgan fingerprint density at radius 2 is 1.96 bits per heavy atom. The van der Waals surface area contributed by atoms with E-state index < -0.39 is 0 Å². The largest absolute Gasteiger partial charge is 0.369 e. The summed E-state index contributed by atoms with van der Waals surface area (Å²) < 4.78 is 2.09. The SMILES string of the molecule is Cc1cc(C(=O)NCCN2CCC[C@@H](C(N)=O)C2)c(C)n1-c1ccccc1. The minimum Gasteiger partial charge on any atom is -0.369 e. The third-order valence-electron chi connectivity index (χ3n) is 5.31. The monoisotopic (exact) mass is 368 g/mol. The Bertz CT molecular complexity index is 813. The number of piperidine rings is 1. The van der Waals surface area contributed by atoms with Gasteiger partial charge < -0.3 is 20.5 Å². The number of benzene rings is 1. The van der Waals surface area contributed by atoms with Crippen molar-refractivity contribution in [3.8, 4) is 5.69 Å². The van der Waals surface area contributed by atoms with Crippen LogP contribution in [0.1, 0.15) is 34.6 Å². The lowest BCUT2D eigenvalue weighted by Gasteiger charge is -2.31. The van der Waals surface area contributed by atoms with Crippen LogP contribution in [-0.2, 0) is 4.79 Å². The van der Waals surface area contributed by atoms with Crippen molar-refractivity contribution in [3.05, 3.63) is 53.3 Å². The highest BCUT2D eigenvalue weighted by Crippen LogP contribution is 2.20. The van der Waals surface area contributed by atoms with Crippen LogP contribution in [0, 0.1) is 19.8 Å². The van der Waals surface area contributed by atoms with Crippen LogP contribution in [0.25, 0.3) is 5.69 Å². The third-order valence-corrected chi connectivity index (χ3v) is 5.31. The Labute approximate surface area is 160 Å². The van der Waals surface area contributed by atoms with Gasteiger partial charge in [0.15, 0.2) is 0 Å². The van der Waals surface area contributed by atoms with Crippen LogP contribution in [0.3, 0.4) is 0 Å². The summed E-state index contributed by atoms with van der Waals surface area (Å²) in [6.45, 7) is 6.90. The Hall–Kier alpha value is -2.60. The molecule has 1 aromatic heterocycles. The molecule has 27 heavy (non-hydrogen) atoms.